The number of rotatable bonds is 2. The maximum absolute atomic E-state index is 9.27. The standard InChI is InChI=1S/C12H11N3OS/c13-11-10(9-4-2-6-17-9)14-12-8(7-16)3-1-5-15(11)12/h1-6,16H,7,13H2. The molecule has 3 rings (SSSR count). The van der Waals surface area contributed by atoms with Gasteiger partial charge in [-0.3, -0.25) is 4.40 Å². The summed E-state index contributed by atoms with van der Waals surface area (Å²) in [4.78, 5) is 5.55. The largest absolute Gasteiger partial charge is 0.392 e. The quantitative estimate of drug-likeness (QED) is 0.727. The Kier molecular flexibility index (Phi) is 2.35. The van der Waals surface area contributed by atoms with Crippen molar-refractivity contribution in [3.63, 3.8) is 0 Å². The minimum absolute atomic E-state index is 0.0370. The Hall–Kier alpha value is -1.85. The zero-order chi connectivity index (χ0) is 11.8. The van der Waals surface area contributed by atoms with E-state index in [9.17, 15) is 5.11 Å². The first-order chi connectivity index (χ1) is 8.31. The SMILES string of the molecule is Nc1c(-c2cccs2)nc2c(CO)cccn12. The van der Waals surface area contributed by atoms with Crippen LogP contribution in [0.1, 0.15) is 5.56 Å². The molecule has 3 N–H and O–H groups in total. The van der Waals surface area contributed by atoms with Crippen molar-refractivity contribution < 1.29 is 5.11 Å². The van der Waals surface area contributed by atoms with Crippen LogP contribution in [0, 0.1) is 0 Å². The first-order valence-corrected chi connectivity index (χ1v) is 6.09. The van der Waals surface area contributed by atoms with E-state index in [1.165, 1.54) is 0 Å². The van der Waals surface area contributed by atoms with Crippen molar-refractivity contribution in [2.45, 2.75) is 6.61 Å². The third kappa shape index (κ3) is 1.51. The Morgan fingerprint density at radius 1 is 1.35 bits per heavy atom. The Balaban J connectivity index is 2.32. The van der Waals surface area contributed by atoms with Crippen LogP contribution in [-0.2, 0) is 6.61 Å². The van der Waals surface area contributed by atoms with Crippen LogP contribution in [0.15, 0.2) is 35.8 Å². The molecule has 0 radical (unpaired) electrons. The normalized spacial score (nSPS) is 11.1. The number of aliphatic hydroxyl groups is 1. The summed E-state index contributed by atoms with van der Waals surface area (Å²) in [5.41, 5.74) is 8.36. The number of aromatic nitrogens is 2. The summed E-state index contributed by atoms with van der Waals surface area (Å²) in [6.07, 6.45) is 1.86. The second-order valence-electron chi connectivity index (χ2n) is 3.71. The highest BCUT2D eigenvalue weighted by Crippen LogP contribution is 2.30. The molecule has 0 atom stereocenters. The number of nitrogens with two attached hydrogens (primary N) is 1. The van der Waals surface area contributed by atoms with Crippen LogP contribution in [0.2, 0.25) is 0 Å². The average Bonchev–Trinajstić information content (AvgIpc) is 2.97. The number of fused-ring (bicyclic) bond motifs is 1. The molecule has 0 unspecified atom stereocenters. The van der Waals surface area contributed by atoms with E-state index in [1.54, 1.807) is 15.7 Å². The molecule has 0 saturated carbocycles. The summed E-state index contributed by atoms with van der Waals surface area (Å²) in [6, 6.07) is 7.66. The van der Waals surface area contributed by atoms with Gasteiger partial charge in [-0.1, -0.05) is 12.1 Å². The van der Waals surface area contributed by atoms with Crippen LogP contribution >= 0.6 is 11.3 Å². The zero-order valence-corrected chi connectivity index (χ0v) is 9.81. The fraction of sp³-hybridized carbons (Fsp3) is 0.0833. The van der Waals surface area contributed by atoms with Gasteiger partial charge in [0.1, 0.15) is 17.2 Å². The molecule has 0 saturated heterocycles. The third-order valence-corrected chi connectivity index (χ3v) is 3.57. The van der Waals surface area contributed by atoms with E-state index in [2.05, 4.69) is 4.98 Å². The number of anilines is 1. The van der Waals surface area contributed by atoms with Crippen molar-refractivity contribution in [2.75, 3.05) is 5.73 Å². The van der Waals surface area contributed by atoms with E-state index in [0.29, 0.717) is 5.82 Å². The summed E-state index contributed by atoms with van der Waals surface area (Å²) in [5, 5.41) is 11.3. The van der Waals surface area contributed by atoms with E-state index in [-0.39, 0.29) is 6.61 Å². The first-order valence-electron chi connectivity index (χ1n) is 5.21. The molecule has 3 aromatic heterocycles. The second kappa shape index (κ2) is 3.87. The Morgan fingerprint density at radius 2 is 2.24 bits per heavy atom. The number of imidazole rings is 1. The number of pyridine rings is 1. The molecule has 0 aliphatic carbocycles. The highest BCUT2D eigenvalue weighted by Gasteiger charge is 2.13. The molecule has 5 heteroatoms. The van der Waals surface area contributed by atoms with Gasteiger partial charge in [0.15, 0.2) is 0 Å². The molecule has 3 aromatic rings. The molecule has 0 fully saturated rings. The van der Waals surface area contributed by atoms with E-state index < -0.39 is 0 Å². The summed E-state index contributed by atoms with van der Waals surface area (Å²) in [6.45, 7) is -0.0370. The van der Waals surface area contributed by atoms with Crippen LogP contribution in [0.5, 0.6) is 0 Å². The highest BCUT2D eigenvalue weighted by molar-refractivity contribution is 7.13. The smallest absolute Gasteiger partial charge is 0.144 e. The summed E-state index contributed by atoms with van der Waals surface area (Å²) in [5.74, 6) is 0.609. The molecule has 0 aliphatic heterocycles. The monoisotopic (exact) mass is 245 g/mol. The Morgan fingerprint density at radius 3 is 2.94 bits per heavy atom. The van der Waals surface area contributed by atoms with Crippen molar-refractivity contribution >= 4 is 22.8 Å². The molecule has 0 amide bonds. The van der Waals surface area contributed by atoms with Gasteiger partial charge in [-0.2, -0.15) is 0 Å². The first kappa shape index (κ1) is 10.3. The molecular formula is C12H11N3OS. The molecule has 4 nitrogen and oxygen atoms in total. The zero-order valence-electron chi connectivity index (χ0n) is 9.00. The Bertz CT molecular complexity index is 658. The molecule has 17 heavy (non-hydrogen) atoms. The van der Waals surface area contributed by atoms with Gasteiger partial charge in [0.2, 0.25) is 0 Å². The van der Waals surface area contributed by atoms with E-state index in [4.69, 9.17) is 5.73 Å². The van der Waals surface area contributed by atoms with Crippen LogP contribution in [0.3, 0.4) is 0 Å². The van der Waals surface area contributed by atoms with Gasteiger partial charge in [0.25, 0.3) is 0 Å². The van der Waals surface area contributed by atoms with Crippen molar-refractivity contribution in [1.82, 2.24) is 9.38 Å². The fourth-order valence-corrected chi connectivity index (χ4v) is 2.58. The predicted molar refractivity (Wildman–Crippen MR) is 68.8 cm³/mol. The van der Waals surface area contributed by atoms with Gasteiger partial charge < -0.3 is 10.8 Å². The topological polar surface area (TPSA) is 63.5 Å². The maximum atomic E-state index is 9.27. The molecule has 3 heterocycles. The molecule has 0 spiro atoms. The number of thiophene rings is 1. The molecule has 0 bridgehead atoms. The number of nitrogens with zero attached hydrogens (tertiary/aromatic N) is 2. The van der Waals surface area contributed by atoms with Crippen molar-refractivity contribution in [2.24, 2.45) is 0 Å². The Labute approximate surface area is 102 Å². The van der Waals surface area contributed by atoms with Crippen molar-refractivity contribution in [3.05, 3.63) is 41.4 Å². The lowest BCUT2D eigenvalue weighted by Crippen LogP contribution is -1.95. The molecule has 0 aromatic carbocycles. The fourth-order valence-electron chi connectivity index (χ4n) is 1.86. The van der Waals surface area contributed by atoms with Gasteiger partial charge in [0, 0.05) is 11.8 Å². The van der Waals surface area contributed by atoms with Crippen molar-refractivity contribution in [3.8, 4) is 10.6 Å². The second-order valence-corrected chi connectivity index (χ2v) is 4.66. The summed E-state index contributed by atoms with van der Waals surface area (Å²) >= 11 is 1.60. The molecule has 86 valence electrons. The lowest BCUT2D eigenvalue weighted by atomic mass is 10.3. The van der Waals surface area contributed by atoms with Crippen LogP contribution in [-0.4, -0.2) is 14.5 Å². The lowest BCUT2D eigenvalue weighted by Gasteiger charge is -1.99. The molecular weight excluding hydrogens is 234 g/mol. The van der Waals surface area contributed by atoms with E-state index in [1.807, 2.05) is 35.8 Å². The number of nitrogen functional groups attached to an aromatic ring is 1. The number of hydrogen-bond donors (Lipinski definition) is 2. The summed E-state index contributed by atoms with van der Waals surface area (Å²) in [7, 11) is 0. The minimum Gasteiger partial charge on any atom is -0.392 e. The van der Waals surface area contributed by atoms with Crippen LogP contribution < -0.4 is 5.73 Å². The summed E-state index contributed by atoms with van der Waals surface area (Å²) < 4.78 is 1.81. The minimum atomic E-state index is -0.0370. The number of aliphatic hydroxyl groups excluding tert-OH is 1. The predicted octanol–water partition coefficient (Wildman–Crippen LogP) is 2.14. The maximum Gasteiger partial charge on any atom is 0.144 e. The van der Waals surface area contributed by atoms with Gasteiger partial charge in [-0.25, -0.2) is 4.98 Å². The average molecular weight is 245 g/mol. The third-order valence-electron chi connectivity index (χ3n) is 2.69. The molecule has 0 aliphatic rings. The van der Waals surface area contributed by atoms with Crippen LogP contribution in [0.25, 0.3) is 16.2 Å². The number of hydrogen-bond acceptors (Lipinski definition) is 4. The van der Waals surface area contributed by atoms with Crippen molar-refractivity contribution in [1.29, 1.82) is 0 Å². The van der Waals surface area contributed by atoms with Gasteiger partial charge in [0.05, 0.1) is 11.5 Å². The van der Waals surface area contributed by atoms with Crippen LogP contribution in [0.4, 0.5) is 5.82 Å². The van der Waals surface area contributed by atoms with E-state index >= 15 is 0 Å². The van der Waals surface area contributed by atoms with E-state index in [0.717, 1.165) is 21.8 Å². The van der Waals surface area contributed by atoms with Gasteiger partial charge in [-0.15, -0.1) is 11.3 Å². The van der Waals surface area contributed by atoms with Gasteiger partial charge >= 0.3 is 0 Å². The highest BCUT2D eigenvalue weighted by atomic mass is 32.1. The lowest BCUT2D eigenvalue weighted by molar-refractivity contribution is 0.282. The van der Waals surface area contributed by atoms with Gasteiger partial charge in [-0.05, 0) is 17.5 Å².